The van der Waals surface area contributed by atoms with Gasteiger partial charge in [-0.3, -0.25) is 0 Å². The number of aliphatic hydroxyl groups excluding tert-OH is 2. The summed E-state index contributed by atoms with van der Waals surface area (Å²) in [5.74, 6) is 0.892. The van der Waals surface area contributed by atoms with E-state index in [4.69, 9.17) is 18.9 Å². The molecule has 4 saturated carbocycles. The molecule has 6 nitrogen and oxygen atoms in total. The van der Waals surface area contributed by atoms with E-state index in [-0.39, 0.29) is 35.2 Å². The smallest absolute Gasteiger partial charge is 0.169 e. The maximum Gasteiger partial charge on any atom is 0.169 e. The highest BCUT2D eigenvalue weighted by molar-refractivity contribution is 5.15. The van der Waals surface area contributed by atoms with Crippen LogP contribution in [-0.4, -0.2) is 60.9 Å². The SMILES string of the molecule is CC1([C@@H]2CC[C@@H]3[C@H]4CC[C@H]5CC6(CC[C@]5(C)[C@@H]4[C@@H](O)C[C@]32CO)OCCO6)OCCO1. The van der Waals surface area contributed by atoms with Gasteiger partial charge in [-0.05, 0) is 74.5 Å². The summed E-state index contributed by atoms with van der Waals surface area (Å²) in [6, 6.07) is 0. The Morgan fingerprint density at radius 1 is 0.839 bits per heavy atom. The van der Waals surface area contributed by atoms with Gasteiger partial charge in [0, 0.05) is 30.8 Å². The van der Waals surface area contributed by atoms with E-state index >= 15 is 0 Å². The molecule has 2 aliphatic heterocycles. The highest BCUT2D eigenvalue weighted by Gasteiger charge is 2.68. The lowest BCUT2D eigenvalue weighted by Crippen LogP contribution is -2.62. The van der Waals surface area contributed by atoms with Crippen LogP contribution in [0, 0.1) is 40.4 Å². The molecular formula is C25H40O6. The molecular weight excluding hydrogens is 396 g/mol. The van der Waals surface area contributed by atoms with Gasteiger partial charge in [-0.15, -0.1) is 0 Å². The average molecular weight is 437 g/mol. The topological polar surface area (TPSA) is 77.4 Å². The lowest BCUT2D eigenvalue weighted by molar-refractivity contribution is -0.260. The summed E-state index contributed by atoms with van der Waals surface area (Å²) in [6.45, 7) is 7.29. The minimum atomic E-state index is -0.625. The summed E-state index contributed by atoms with van der Waals surface area (Å²) in [5.41, 5.74) is -0.177. The zero-order valence-electron chi connectivity index (χ0n) is 19.2. The fraction of sp³-hybridized carbons (Fsp3) is 1.00. The van der Waals surface area contributed by atoms with Crippen molar-refractivity contribution in [1.82, 2.24) is 0 Å². The van der Waals surface area contributed by atoms with Crippen molar-refractivity contribution in [2.24, 2.45) is 40.4 Å². The first-order valence-electron chi connectivity index (χ1n) is 12.7. The van der Waals surface area contributed by atoms with E-state index in [1.807, 2.05) is 0 Å². The third-order valence-electron chi connectivity index (χ3n) is 10.9. The Morgan fingerprint density at radius 2 is 1.55 bits per heavy atom. The Morgan fingerprint density at radius 3 is 2.26 bits per heavy atom. The summed E-state index contributed by atoms with van der Waals surface area (Å²) >= 11 is 0. The van der Waals surface area contributed by atoms with Crippen molar-refractivity contribution in [1.29, 1.82) is 0 Å². The number of hydrogen-bond donors (Lipinski definition) is 2. The van der Waals surface area contributed by atoms with Crippen molar-refractivity contribution in [2.75, 3.05) is 33.0 Å². The fourth-order valence-electron chi connectivity index (χ4n) is 9.68. The van der Waals surface area contributed by atoms with Crippen molar-refractivity contribution >= 4 is 0 Å². The quantitative estimate of drug-likeness (QED) is 0.693. The standard InChI is InChI=1S/C25H40O6/c1-22-7-8-25(30-11-12-31-25)13-16(22)3-4-17-18-5-6-20(23(2)28-9-10-29-23)24(18,15-26)14-19(27)21(17)22/h16-21,26-27H,3-15H2,1-2H3/t16-,17+,18+,19-,20-,21-,22-,24-/m0/s1. The molecule has 6 fully saturated rings. The van der Waals surface area contributed by atoms with Crippen LogP contribution in [0.4, 0.5) is 0 Å². The molecule has 31 heavy (non-hydrogen) atoms. The van der Waals surface area contributed by atoms with Crippen LogP contribution in [0.25, 0.3) is 0 Å². The fourth-order valence-corrected chi connectivity index (χ4v) is 9.68. The van der Waals surface area contributed by atoms with Crippen LogP contribution in [0.15, 0.2) is 0 Å². The third kappa shape index (κ3) is 2.85. The summed E-state index contributed by atoms with van der Waals surface area (Å²) in [5, 5.41) is 22.5. The van der Waals surface area contributed by atoms with Crippen LogP contribution in [0.2, 0.25) is 0 Å². The van der Waals surface area contributed by atoms with E-state index in [1.54, 1.807) is 0 Å². The molecule has 8 atom stereocenters. The lowest BCUT2D eigenvalue weighted by Gasteiger charge is -2.63. The molecule has 0 aromatic rings. The molecule has 4 aliphatic carbocycles. The molecule has 2 heterocycles. The van der Waals surface area contributed by atoms with Crippen LogP contribution >= 0.6 is 0 Å². The van der Waals surface area contributed by atoms with Gasteiger partial charge >= 0.3 is 0 Å². The summed E-state index contributed by atoms with van der Waals surface area (Å²) in [7, 11) is 0. The summed E-state index contributed by atoms with van der Waals surface area (Å²) in [6.07, 6.45) is 7.69. The van der Waals surface area contributed by atoms with Crippen LogP contribution in [0.5, 0.6) is 0 Å². The second kappa shape index (κ2) is 7.13. The predicted octanol–water partition coefficient (Wildman–Crippen LogP) is 3.09. The van der Waals surface area contributed by atoms with Crippen molar-refractivity contribution in [2.45, 2.75) is 82.9 Å². The molecule has 0 bridgehead atoms. The Labute approximate surface area is 186 Å². The Kier molecular flexibility index (Phi) is 4.90. The van der Waals surface area contributed by atoms with Gasteiger partial charge in [0.2, 0.25) is 0 Å². The molecule has 0 aromatic heterocycles. The Balaban J connectivity index is 1.30. The Bertz CT molecular complexity index is 700. The van der Waals surface area contributed by atoms with E-state index in [2.05, 4.69) is 13.8 Å². The monoisotopic (exact) mass is 436 g/mol. The van der Waals surface area contributed by atoms with Gasteiger partial charge < -0.3 is 29.2 Å². The molecule has 2 N–H and O–H groups in total. The van der Waals surface area contributed by atoms with E-state index in [1.165, 1.54) is 6.42 Å². The lowest BCUT2D eigenvalue weighted by atomic mass is 9.43. The average Bonchev–Trinajstić information content (AvgIpc) is 3.48. The first-order valence-corrected chi connectivity index (χ1v) is 12.7. The maximum atomic E-state index is 11.7. The first-order chi connectivity index (χ1) is 14.9. The van der Waals surface area contributed by atoms with Gasteiger partial charge in [-0.25, -0.2) is 0 Å². The van der Waals surface area contributed by atoms with E-state index < -0.39 is 5.79 Å². The Hall–Kier alpha value is -0.240. The number of ether oxygens (including phenoxy) is 4. The molecule has 0 aromatic carbocycles. The third-order valence-corrected chi connectivity index (χ3v) is 10.9. The highest BCUT2D eigenvalue weighted by Crippen LogP contribution is 2.69. The van der Waals surface area contributed by atoms with Crippen molar-refractivity contribution < 1.29 is 29.2 Å². The molecule has 6 rings (SSSR count). The summed E-state index contributed by atoms with van der Waals surface area (Å²) in [4.78, 5) is 0. The second-order valence-corrected chi connectivity index (χ2v) is 11.9. The minimum Gasteiger partial charge on any atom is -0.396 e. The van der Waals surface area contributed by atoms with E-state index in [0.717, 1.165) is 38.5 Å². The van der Waals surface area contributed by atoms with Crippen molar-refractivity contribution in [3.63, 3.8) is 0 Å². The largest absolute Gasteiger partial charge is 0.396 e. The highest BCUT2D eigenvalue weighted by atomic mass is 16.7. The number of aliphatic hydroxyl groups is 2. The second-order valence-electron chi connectivity index (χ2n) is 11.9. The zero-order chi connectivity index (χ0) is 21.5. The molecule has 176 valence electrons. The molecule has 0 unspecified atom stereocenters. The zero-order valence-corrected chi connectivity index (χ0v) is 19.2. The van der Waals surface area contributed by atoms with Crippen LogP contribution in [0.1, 0.15) is 65.2 Å². The van der Waals surface area contributed by atoms with E-state index in [9.17, 15) is 10.2 Å². The van der Waals surface area contributed by atoms with Crippen molar-refractivity contribution in [3.05, 3.63) is 0 Å². The number of fused-ring (bicyclic) bond motifs is 5. The number of rotatable bonds is 2. The molecule has 0 amide bonds. The first kappa shape index (κ1) is 21.3. The van der Waals surface area contributed by atoms with Crippen LogP contribution in [-0.2, 0) is 18.9 Å². The van der Waals surface area contributed by atoms with Crippen LogP contribution in [0.3, 0.4) is 0 Å². The number of hydrogen-bond acceptors (Lipinski definition) is 6. The summed E-state index contributed by atoms with van der Waals surface area (Å²) < 4.78 is 24.3. The van der Waals surface area contributed by atoms with Gasteiger partial charge in [0.15, 0.2) is 11.6 Å². The van der Waals surface area contributed by atoms with Gasteiger partial charge in [-0.1, -0.05) is 6.92 Å². The maximum absolute atomic E-state index is 11.7. The molecule has 6 heteroatoms. The van der Waals surface area contributed by atoms with Gasteiger partial charge in [0.25, 0.3) is 0 Å². The predicted molar refractivity (Wildman–Crippen MR) is 113 cm³/mol. The molecule has 2 saturated heterocycles. The van der Waals surface area contributed by atoms with Gasteiger partial charge in [-0.2, -0.15) is 0 Å². The normalized spacial score (nSPS) is 52.6. The van der Waals surface area contributed by atoms with Gasteiger partial charge in [0.1, 0.15) is 0 Å². The molecule has 0 radical (unpaired) electrons. The van der Waals surface area contributed by atoms with Gasteiger partial charge in [0.05, 0.1) is 32.5 Å². The molecule has 1 spiro atoms. The van der Waals surface area contributed by atoms with Crippen molar-refractivity contribution in [3.8, 4) is 0 Å². The van der Waals surface area contributed by atoms with Crippen LogP contribution < -0.4 is 0 Å². The molecule has 6 aliphatic rings. The van der Waals surface area contributed by atoms with E-state index in [0.29, 0.717) is 56.5 Å². The minimum absolute atomic E-state index is 0.118.